The molecule has 130 valence electrons. The van der Waals surface area contributed by atoms with Crippen LogP contribution in [-0.4, -0.2) is 50.7 Å². The third kappa shape index (κ3) is 3.23. The topological polar surface area (TPSA) is 82.2 Å². The largest absolute Gasteiger partial charge is 0.493 e. The van der Waals surface area contributed by atoms with Crippen LogP contribution in [0.15, 0.2) is 41.3 Å². The molecule has 0 saturated carbocycles. The SMILES string of the molecule is CN(C)C(=O)n1c(=O)n(C)c2cnc(CCOc3ccccc3)nc21. The second-order valence-electron chi connectivity index (χ2n) is 5.76. The first-order valence-electron chi connectivity index (χ1n) is 7.82. The van der Waals surface area contributed by atoms with Gasteiger partial charge in [-0.2, -0.15) is 4.57 Å². The number of hydrogen-bond donors (Lipinski definition) is 0. The van der Waals surface area contributed by atoms with Crippen molar-refractivity contribution < 1.29 is 9.53 Å². The quantitative estimate of drug-likeness (QED) is 0.714. The lowest BCUT2D eigenvalue weighted by Gasteiger charge is -2.10. The van der Waals surface area contributed by atoms with E-state index >= 15 is 0 Å². The number of carbonyl (C=O) groups is 1. The molecule has 0 fully saturated rings. The van der Waals surface area contributed by atoms with E-state index in [-0.39, 0.29) is 0 Å². The Morgan fingerprint density at radius 2 is 1.96 bits per heavy atom. The summed E-state index contributed by atoms with van der Waals surface area (Å²) in [6, 6.07) is 9.01. The van der Waals surface area contributed by atoms with Gasteiger partial charge in [0.05, 0.1) is 12.8 Å². The third-order valence-electron chi connectivity index (χ3n) is 3.76. The van der Waals surface area contributed by atoms with E-state index in [0.29, 0.717) is 30.0 Å². The average Bonchev–Trinajstić information content (AvgIpc) is 2.86. The zero-order chi connectivity index (χ0) is 18.0. The van der Waals surface area contributed by atoms with Crippen LogP contribution in [0.2, 0.25) is 0 Å². The summed E-state index contributed by atoms with van der Waals surface area (Å²) in [4.78, 5) is 34.6. The summed E-state index contributed by atoms with van der Waals surface area (Å²) in [5.74, 6) is 1.28. The molecule has 0 spiro atoms. The number of para-hydroxylation sites is 1. The Balaban J connectivity index is 1.87. The van der Waals surface area contributed by atoms with E-state index in [2.05, 4.69) is 9.97 Å². The second kappa shape index (κ2) is 6.76. The van der Waals surface area contributed by atoms with Crippen LogP contribution >= 0.6 is 0 Å². The lowest BCUT2D eigenvalue weighted by molar-refractivity contribution is 0.219. The zero-order valence-corrected chi connectivity index (χ0v) is 14.3. The Bertz CT molecular complexity index is 960. The maximum atomic E-state index is 12.3. The number of aromatic nitrogens is 4. The van der Waals surface area contributed by atoms with Crippen molar-refractivity contribution in [1.29, 1.82) is 0 Å². The molecule has 3 aromatic rings. The number of carbonyl (C=O) groups excluding carboxylic acids is 1. The number of imidazole rings is 1. The highest BCUT2D eigenvalue weighted by atomic mass is 16.5. The molecule has 2 heterocycles. The van der Waals surface area contributed by atoms with Crippen LogP contribution in [0.25, 0.3) is 11.2 Å². The van der Waals surface area contributed by atoms with Gasteiger partial charge in [-0.3, -0.25) is 4.57 Å². The van der Waals surface area contributed by atoms with Gasteiger partial charge in [-0.15, -0.1) is 0 Å². The van der Waals surface area contributed by atoms with Crippen LogP contribution in [0.1, 0.15) is 5.82 Å². The summed E-state index contributed by atoms with van der Waals surface area (Å²) in [6.45, 7) is 0.397. The van der Waals surface area contributed by atoms with E-state index in [1.807, 2.05) is 30.3 Å². The molecule has 0 aliphatic rings. The molecule has 0 unspecified atom stereocenters. The van der Waals surface area contributed by atoms with Gasteiger partial charge < -0.3 is 9.64 Å². The first-order chi connectivity index (χ1) is 12.0. The highest BCUT2D eigenvalue weighted by Crippen LogP contribution is 2.11. The highest BCUT2D eigenvalue weighted by Gasteiger charge is 2.20. The van der Waals surface area contributed by atoms with Gasteiger partial charge in [0.25, 0.3) is 0 Å². The van der Waals surface area contributed by atoms with Crippen LogP contribution in [0.4, 0.5) is 4.79 Å². The predicted octanol–water partition coefficient (Wildman–Crippen LogP) is 1.28. The van der Waals surface area contributed by atoms with Gasteiger partial charge in [-0.25, -0.2) is 19.6 Å². The minimum absolute atomic E-state index is 0.302. The minimum Gasteiger partial charge on any atom is -0.493 e. The molecule has 1 amide bonds. The average molecular weight is 341 g/mol. The molecular weight excluding hydrogens is 322 g/mol. The molecule has 0 radical (unpaired) electrons. The molecule has 0 aliphatic carbocycles. The summed E-state index contributed by atoms with van der Waals surface area (Å²) in [7, 11) is 4.76. The first kappa shape index (κ1) is 16.7. The van der Waals surface area contributed by atoms with Crippen molar-refractivity contribution in [2.45, 2.75) is 6.42 Å². The molecule has 0 atom stereocenters. The Hall–Kier alpha value is -3.16. The number of nitrogens with zero attached hydrogens (tertiary/aromatic N) is 5. The third-order valence-corrected chi connectivity index (χ3v) is 3.76. The first-order valence-corrected chi connectivity index (χ1v) is 7.82. The van der Waals surface area contributed by atoms with Gasteiger partial charge in [0.15, 0.2) is 5.65 Å². The molecule has 1 aromatic carbocycles. The van der Waals surface area contributed by atoms with Crippen LogP contribution in [-0.2, 0) is 13.5 Å². The summed E-state index contributed by atoms with van der Waals surface area (Å²) < 4.78 is 8.05. The van der Waals surface area contributed by atoms with Crippen LogP contribution in [0, 0.1) is 0 Å². The molecule has 2 aromatic heterocycles. The van der Waals surface area contributed by atoms with Crippen molar-refractivity contribution >= 4 is 17.2 Å². The Kier molecular flexibility index (Phi) is 4.51. The Labute approximate surface area is 144 Å². The maximum absolute atomic E-state index is 12.3. The van der Waals surface area contributed by atoms with Crippen molar-refractivity contribution in [1.82, 2.24) is 24.0 Å². The van der Waals surface area contributed by atoms with Crippen LogP contribution in [0.3, 0.4) is 0 Å². The van der Waals surface area contributed by atoms with Crippen molar-refractivity contribution in [3.63, 3.8) is 0 Å². The number of benzene rings is 1. The van der Waals surface area contributed by atoms with E-state index < -0.39 is 11.7 Å². The van der Waals surface area contributed by atoms with Crippen LogP contribution in [0.5, 0.6) is 5.75 Å². The molecule has 0 N–H and O–H groups in total. The number of ether oxygens (including phenoxy) is 1. The normalized spacial score (nSPS) is 10.8. The summed E-state index contributed by atoms with van der Waals surface area (Å²) >= 11 is 0. The van der Waals surface area contributed by atoms with Gasteiger partial charge in [-0.1, -0.05) is 18.2 Å². The van der Waals surface area contributed by atoms with E-state index in [9.17, 15) is 9.59 Å². The fourth-order valence-electron chi connectivity index (χ4n) is 2.42. The number of fused-ring (bicyclic) bond motifs is 1. The van der Waals surface area contributed by atoms with Gasteiger partial charge in [-0.05, 0) is 12.1 Å². The smallest absolute Gasteiger partial charge is 0.338 e. The molecule has 0 saturated heterocycles. The number of rotatable bonds is 4. The van der Waals surface area contributed by atoms with Gasteiger partial charge in [0, 0.05) is 27.6 Å². The van der Waals surface area contributed by atoms with E-state index in [1.165, 1.54) is 9.47 Å². The second-order valence-corrected chi connectivity index (χ2v) is 5.76. The molecule has 0 aliphatic heterocycles. The fraction of sp³-hybridized carbons (Fsp3) is 0.294. The lowest BCUT2D eigenvalue weighted by Crippen LogP contribution is -2.35. The number of amides is 1. The number of aryl methyl sites for hydroxylation is 1. The summed E-state index contributed by atoms with van der Waals surface area (Å²) in [5, 5.41) is 0. The van der Waals surface area contributed by atoms with Gasteiger partial charge >= 0.3 is 11.7 Å². The molecule has 0 bridgehead atoms. The van der Waals surface area contributed by atoms with Gasteiger partial charge in [0.1, 0.15) is 17.1 Å². The monoisotopic (exact) mass is 341 g/mol. The lowest BCUT2D eigenvalue weighted by atomic mass is 10.3. The highest BCUT2D eigenvalue weighted by molar-refractivity contribution is 5.86. The standard InChI is InChI=1S/C17H19N5O3/c1-20(2)16(23)22-15-13(21(3)17(22)24)11-18-14(19-15)9-10-25-12-7-5-4-6-8-12/h4-8,11H,9-10H2,1-3H3. The van der Waals surface area contributed by atoms with E-state index in [1.54, 1.807) is 27.3 Å². The Morgan fingerprint density at radius 1 is 1.24 bits per heavy atom. The maximum Gasteiger partial charge on any atom is 0.338 e. The minimum atomic E-state index is -0.444. The predicted molar refractivity (Wildman–Crippen MR) is 92.9 cm³/mol. The molecular formula is C17H19N5O3. The molecule has 8 nitrogen and oxygen atoms in total. The van der Waals surface area contributed by atoms with E-state index in [4.69, 9.17) is 4.74 Å². The van der Waals surface area contributed by atoms with Crippen molar-refractivity contribution in [3.8, 4) is 5.75 Å². The van der Waals surface area contributed by atoms with E-state index in [0.717, 1.165) is 10.3 Å². The summed E-state index contributed by atoms with van der Waals surface area (Å²) in [5.41, 5.74) is 0.365. The fourth-order valence-corrected chi connectivity index (χ4v) is 2.42. The Morgan fingerprint density at radius 3 is 2.64 bits per heavy atom. The van der Waals surface area contributed by atoms with Crippen molar-refractivity contribution in [2.24, 2.45) is 7.05 Å². The molecule has 25 heavy (non-hydrogen) atoms. The zero-order valence-electron chi connectivity index (χ0n) is 14.3. The molecule has 3 rings (SSSR count). The van der Waals surface area contributed by atoms with Crippen molar-refractivity contribution in [3.05, 3.63) is 52.8 Å². The van der Waals surface area contributed by atoms with Crippen LogP contribution < -0.4 is 10.4 Å². The van der Waals surface area contributed by atoms with Gasteiger partial charge in [0.2, 0.25) is 0 Å². The molecule has 8 heteroatoms. The summed E-state index contributed by atoms with van der Waals surface area (Å²) in [6.07, 6.45) is 2.02. The number of hydrogen-bond acceptors (Lipinski definition) is 5. The van der Waals surface area contributed by atoms with Crippen molar-refractivity contribution in [2.75, 3.05) is 20.7 Å².